The van der Waals surface area contributed by atoms with Crippen molar-refractivity contribution in [3.8, 4) is 67.9 Å². The van der Waals surface area contributed by atoms with Gasteiger partial charge in [0.25, 0.3) is 0 Å². The van der Waals surface area contributed by atoms with Gasteiger partial charge in [-0.15, -0.1) is 0 Å². The number of furan rings is 1. The molecule has 0 fully saturated rings. The zero-order chi connectivity index (χ0) is 37.5. The topological polar surface area (TPSA) is 61.0 Å². The number of benzene rings is 8. The maximum atomic E-state index is 6.84. The molecule has 0 saturated heterocycles. The predicted molar refractivity (Wildman–Crippen MR) is 226 cm³/mol. The van der Waals surface area contributed by atoms with Crippen LogP contribution < -0.4 is 4.74 Å². The molecule has 0 amide bonds. The van der Waals surface area contributed by atoms with E-state index >= 15 is 0 Å². The van der Waals surface area contributed by atoms with Crippen LogP contribution >= 0.6 is 0 Å². The standard InChI is InChI=1S/C52H31N3O2/c1-3-15-32(16-4-1)34-19-13-20-35(29-34)50-53-49(33-17-5-2-6-18-33)54-51(55-50)37-22-14-28-46-48(37)39-30-38-36-21-7-8-23-40(36)52(43(38)31-47(39)57-46)41-24-9-11-26-44(41)56-45-27-12-10-25-42(45)52/h1-31H. The van der Waals surface area contributed by atoms with Gasteiger partial charge in [0.1, 0.15) is 22.7 Å². The van der Waals surface area contributed by atoms with Gasteiger partial charge in [-0.3, -0.25) is 0 Å². The number of rotatable bonds is 4. The molecule has 0 atom stereocenters. The largest absolute Gasteiger partial charge is 0.457 e. The molecule has 2 aliphatic rings. The highest BCUT2D eigenvalue weighted by Crippen LogP contribution is 2.62. The van der Waals surface area contributed by atoms with Gasteiger partial charge in [0.2, 0.25) is 0 Å². The number of hydrogen-bond donors (Lipinski definition) is 0. The van der Waals surface area contributed by atoms with Crippen molar-refractivity contribution < 1.29 is 9.15 Å². The molecule has 266 valence electrons. The van der Waals surface area contributed by atoms with Gasteiger partial charge in [0.15, 0.2) is 17.5 Å². The Morgan fingerprint density at radius 2 is 0.912 bits per heavy atom. The Morgan fingerprint density at radius 1 is 0.351 bits per heavy atom. The normalized spacial score (nSPS) is 13.2. The van der Waals surface area contributed by atoms with Crippen LogP contribution in [0.3, 0.4) is 0 Å². The lowest BCUT2D eigenvalue weighted by atomic mass is 9.66. The fourth-order valence-electron chi connectivity index (χ4n) is 9.17. The van der Waals surface area contributed by atoms with Gasteiger partial charge in [-0.05, 0) is 69.8 Å². The van der Waals surface area contributed by atoms with Crippen LogP contribution in [0.2, 0.25) is 0 Å². The van der Waals surface area contributed by atoms with Crippen LogP contribution in [0.15, 0.2) is 192 Å². The quantitative estimate of drug-likeness (QED) is 0.180. The molecule has 2 aromatic heterocycles. The van der Waals surface area contributed by atoms with E-state index < -0.39 is 5.41 Å². The van der Waals surface area contributed by atoms with Gasteiger partial charge in [0, 0.05) is 38.6 Å². The molecular formula is C52H31N3O2. The summed E-state index contributed by atoms with van der Waals surface area (Å²) in [5.74, 6) is 3.52. The van der Waals surface area contributed by atoms with E-state index in [1.807, 2.05) is 60.7 Å². The van der Waals surface area contributed by atoms with Gasteiger partial charge in [-0.1, -0.05) is 152 Å². The van der Waals surface area contributed by atoms with E-state index in [4.69, 9.17) is 24.1 Å². The van der Waals surface area contributed by atoms with Crippen LogP contribution in [0.1, 0.15) is 22.3 Å². The minimum absolute atomic E-state index is 0.585. The third kappa shape index (κ3) is 4.66. The van der Waals surface area contributed by atoms with E-state index in [2.05, 4.69) is 127 Å². The van der Waals surface area contributed by atoms with Crippen LogP contribution in [0.25, 0.3) is 78.4 Å². The Hall–Kier alpha value is -7.63. The molecular weight excluding hydrogens is 699 g/mol. The molecule has 0 radical (unpaired) electrons. The third-order valence-electron chi connectivity index (χ3n) is 11.6. The summed E-state index contributed by atoms with van der Waals surface area (Å²) in [5.41, 5.74) is 12.9. The van der Waals surface area contributed by atoms with E-state index in [0.717, 1.165) is 72.4 Å². The molecule has 0 unspecified atom stereocenters. The number of nitrogens with zero attached hydrogens (tertiary/aromatic N) is 3. The molecule has 57 heavy (non-hydrogen) atoms. The molecule has 1 aliphatic heterocycles. The highest BCUT2D eigenvalue weighted by Gasteiger charge is 2.51. The van der Waals surface area contributed by atoms with Crippen molar-refractivity contribution in [1.29, 1.82) is 0 Å². The molecule has 5 nitrogen and oxygen atoms in total. The molecule has 1 spiro atoms. The van der Waals surface area contributed by atoms with Crippen molar-refractivity contribution in [2.75, 3.05) is 0 Å². The lowest BCUT2D eigenvalue weighted by molar-refractivity contribution is 0.436. The second-order valence-electron chi connectivity index (χ2n) is 14.7. The summed E-state index contributed by atoms with van der Waals surface area (Å²) in [6.07, 6.45) is 0. The van der Waals surface area contributed by atoms with Gasteiger partial charge in [-0.2, -0.15) is 0 Å². The van der Waals surface area contributed by atoms with Crippen LogP contribution in [-0.4, -0.2) is 15.0 Å². The number of fused-ring (bicyclic) bond motifs is 12. The van der Waals surface area contributed by atoms with Gasteiger partial charge in [0.05, 0.1) is 5.41 Å². The van der Waals surface area contributed by atoms with Gasteiger partial charge < -0.3 is 9.15 Å². The predicted octanol–water partition coefficient (Wildman–Crippen LogP) is 12.9. The maximum Gasteiger partial charge on any atom is 0.164 e. The van der Waals surface area contributed by atoms with Crippen LogP contribution in [0.4, 0.5) is 0 Å². The molecule has 0 bridgehead atoms. The third-order valence-corrected chi connectivity index (χ3v) is 11.6. The Bertz CT molecular complexity index is 3180. The summed E-state index contributed by atoms with van der Waals surface area (Å²) in [4.78, 5) is 15.5. The summed E-state index contributed by atoms with van der Waals surface area (Å²) in [6, 6.07) is 65.3. The molecule has 3 heterocycles. The van der Waals surface area contributed by atoms with Crippen molar-refractivity contribution in [3.05, 3.63) is 210 Å². The van der Waals surface area contributed by atoms with Gasteiger partial charge >= 0.3 is 0 Å². The maximum absolute atomic E-state index is 6.84. The molecule has 12 rings (SSSR count). The van der Waals surface area contributed by atoms with Crippen LogP contribution in [0, 0.1) is 0 Å². The zero-order valence-electron chi connectivity index (χ0n) is 30.6. The zero-order valence-corrected chi connectivity index (χ0v) is 30.6. The molecule has 0 saturated carbocycles. The smallest absolute Gasteiger partial charge is 0.164 e. The Labute approximate surface area is 328 Å². The minimum atomic E-state index is -0.588. The van der Waals surface area contributed by atoms with Crippen LogP contribution in [0.5, 0.6) is 11.5 Å². The fourth-order valence-corrected chi connectivity index (χ4v) is 9.17. The Kier molecular flexibility index (Phi) is 6.78. The van der Waals surface area contributed by atoms with Crippen molar-refractivity contribution in [1.82, 2.24) is 15.0 Å². The van der Waals surface area contributed by atoms with E-state index in [1.165, 1.54) is 22.3 Å². The first-order valence-corrected chi connectivity index (χ1v) is 19.2. The average molecular weight is 730 g/mol. The van der Waals surface area contributed by atoms with Crippen LogP contribution in [-0.2, 0) is 5.41 Å². The molecule has 1 aliphatic carbocycles. The number of para-hydroxylation sites is 2. The lowest BCUT2D eigenvalue weighted by Gasteiger charge is -2.39. The summed E-state index contributed by atoms with van der Waals surface area (Å²) >= 11 is 0. The summed E-state index contributed by atoms with van der Waals surface area (Å²) < 4.78 is 13.4. The second kappa shape index (κ2) is 12.2. The van der Waals surface area contributed by atoms with E-state index in [0.29, 0.717) is 17.5 Å². The van der Waals surface area contributed by atoms with E-state index in [9.17, 15) is 0 Å². The number of ether oxygens (including phenoxy) is 1. The molecule has 10 aromatic rings. The fraction of sp³-hybridized carbons (Fsp3) is 0.0192. The summed E-state index contributed by atoms with van der Waals surface area (Å²) in [5, 5.41) is 1.98. The SMILES string of the molecule is c1ccc(-c2cccc(-c3nc(-c4ccccc4)nc(-c4cccc5oc6cc7c(cc6c45)-c4ccccc4C74c5ccccc5Oc5ccccc54)n3)c2)cc1. The first-order chi connectivity index (χ1) is 28.2. The molecule has 8 aromatic carbocycles. The lowest BCUT2D eigenvalue weighted by Crippen LogP contribution is -2.32. The summed E-state index contributed by atoms with van der Waals surface area (Å²) in [6.45, 7) is 0. The Balaban J connectivity index is 1.11. The highest BCUT2D eigenvalue weighted by atomic mass is 16.5. The highest BCUT2D eigenvalue weighted by molar-refractivity contribution is 6.14. The second-order valence-corrected chi connectivity index (χ2v) is 14.7. The van der Waals surface area contributed by atoms with Crippen molar-refractivity contribution in [2.24, 2.45) is 0 Å². The van der Waals surface area contributed by atoms with Gasteiger partial charge in [-0.25, -0.2) is 15.0 Å². The van der Waals surface area contributed by atoms with E-state index in [1.54, 1.807) is 0 Å². The molecule has 0 N–H and O–H groups in total. The monoisotopic (exact) mass is 729 g/mol. The number of hydrogen-bond acceptors (Lipinski definition) is 5. The summed E-state index contributed by atoms with van der Waals surface area (Å²) in [7, 11) is 0. The Morgan fingerprint density at radius 3 is 1.67 bits per heavy atom. The minimum Gasteiger partial charge on any atom is -0.457 e. The van der Waals surface area contributed by atoms with E-state index in [-0.39, 0.29) is 0 Å². The molecule has 5 heteroatoms. The van der Waals surface area contributed by atoms with Crippen molar-refractivity contribution in [2.45, 2.75) is 5.41 Å². The average Bonchev–Trinajstić information content (AvgIpc) is 3.79. The number of aromatic nitrogens is 3. The first-order valence-electron chi connectivity index (χ1n) is 19.2. The van der Waals surface area contributed by atoms with Crippen molar-refractivity contribution >= 4 is 21.9 Å². The van der Waals surface area contributed by atoms with Crippen molar-refractivity contribution in [3.63, 3.8) is 0 Å². The first kappa shape index (κ1) is 31.7.